The second kappa shape index (κ2) is 5.08. The van der Waals surface area contributed by atoms with Crippen molar-refractivity contribution in [2.45, 2.75) is 32.1 Å². The van der Waals surface area contributed by atoms with Crippen LogP contribution in [-0.4, -0.2) is 30.3 Å². The smallest absolute Gasteiger partial charge is 0.0908 e. The first-order valence-electron chi connectivity index (χ1n) is 7.09. The van der Waals surface area contributed by atoms with Gasteiger partial charge in [0.25, 0.3) is 0 Å². The van der Waals surface area contributed by atoms with Crippen molar-refractivity contribution in [3.8, 4) is 0 Å². The van der Waals surface area contributed by atoms with Crippen LogP contribution < -0.4 is 0 Å². The Morgan fingerprint density at radius 1 is 1.16 bits per heavy atom. The largest absolute Gasteiger partial charge is 0.369 e. The number of aryl methyl sites for hydroxylation is 2. The Balaban J connectivity index is 2.11. The third kappa shape index (κ3) is 2.37. The highest BCUT2D eigenvalue weighted by Crippen LogP contribution is 2.33. The van der Waals surface area contributed by atoms with Crippen LogP contribution in [0.1, 0.15) is 30.5 Å². The summed E-state index contributed by atoms with van der Waals surface area (Å²) in [4.78, 5) is 10.2. The topological polar surface area (TPSA) is 31.4 Å². The number of H-pyrrole nitrogens is 1. The number of benzene rings is 1. The van der Waals surface area contributed by atoms with E-state index in [1.807, 2.05) is 25.3 Å². The van der Waals surface area contributed by atoms with E-state index in [9.17, 15) is 0 Å². The van der Waals surface area contributed by atoms with Crippen LogP contribution >= 0.6 is 0 Å². The first-order chi connectivity index (χ1) is 9.25. The van der Waals surface area contributed by atoms with Crippen molar-refractivity contribution < 1.29 is 0 Å². The molecule has 1 aromatic heterocycles. The summed E-state index contributed by atoms with van der Waals surface area (Å²) in [7, 11) is 3.99. The molecule has 1 aliphatic rings. The molecule has 100 valence electrons. The fraction of sp³-hybridized carbons (Fsp3) is 0.438. The van der Waals surface area contributed by atoms with Crippen molar-refractivity contribution in [3.05, 3.63) is 29.5 Å². The average molecular weight is 255 g/mol. The molecule has 0 aliphatic heterocycles. The molecule has 0 amide bonds. The number of nitrogens with zero attached hydrogens (tertiary/aromatic N) is 2. The normalized spacial score (nSPS) is 15.7. The maximum absolute atomic E-state index is 4.57. The van der Waals surface area contributed by atoms with E-state index in [0.717, 1.165) is 5.69 Å². The minimum Gasteiger partial charge on any atom is -0.369 e. The Bertz CT molecular complexity index is 608. The Hall–Kier alpha value is -1.77. The van der Waals surface area contributed by atoms with Crippen molar-refractivity contribution in [2.75, 3.05) is 14.1 Å². The molecule has 0 spiro atoms. The van der Waals surface area contributed by atoms with Gasteiger partial charge in [0.1, 0.15) is 0 Å². The van der Waals surface area contributed by atoms with Crippen LogP contribution in [0.2, 0.25) is 0 Å². The van der Waals surface area contributed by atoms with Crippen LogP contribution in [0.25, 0.3) is 10.9 Å². The van der Waals surface area contributed by atoms with Crippen LogP contribution in [0.3, 0.4) is 0 Å². The molecule has 0 atom stereocenters. The highest BCUT2D eigenvalue weighted by Gasteiger charge is 2.15. The fourth-order valence-electron chi connectivity index (χ4n) is 2.88. The minimum absolute atomic E-state index is 1.04. The van der Waals surface area contributed by atoms with Gasteiger partial charge in [-0.2, -0.15) is 0 Å². The number of aliphatic imine (C=N–C) groups is 1. The molecule has 1 N–H and O–H groups in total. The molecule has 0 unspecified atom stereocenters. The van der Waals surface area contributed by atoms with Crippen LogP contribution in [0.4, 0.5) is 5.69 Å². The van der Waals surface area contributed by atoms with E-state index in [1.54, 1.807) is 0 Å². The number of aromatic nitrogens is 1. The van der Waals surface area contributed by atoms with Gasteiger partial charge in [-0.05, 0) is 37.3 Å². The molecule has 0 fully saturated rings. The summed E-state index contributed by atoms with van der Waals surface area (Å²) in [6.45, 7) is 0. The van der Waals surface area contributed by atoms with Gasteiger partial charge in [-0.3, -0.25) is 0 Å². The standard InChI is InChI=1S/C16H21N3/c1-19(2)11-17-15-10-6-8-13-12-7-4-3-5-9-14(12)18-16(13)15/h6,8,10-11,18H,3-5,7,9H2,1-2H3. The van der Waals surface area contributed by atoms with Gasteiger partial charge in [-0.25, -0.2) is 4.99 Å². The summed E-state index contributed by atoms with van der Waals surface area (Å²) in [6.07, 6.45) is 8.21. The average Bonchev–Trinajstić information content (AvgIpc) is 2.59. The van der Waals surface area contributed by atoms with Crippen molar-refractivity contribution in [2.24, 2.45) is 4.99 Å². The van der Waals surface area contributed by atoms with Gasteiger partial charge in [0.2, 0.25) is 0 Å². The van der Waals surface area contributed by atoms with E-state index in [-0.39, 0.29) is 0 Å². The molecule has 1 aliphatic carbocycles. The van der Waals surface area contributed by atoms with Gasteiger partial charge in [0, 0.05) is 25.2 Å². The molecular formula is C16H21N3. The zero-order valence-corrected chi connectivity index (χ0v) is 11.7. The fourth-order valence-corrected chi connectivity index (χ4v) is 2.88. The molecule has 3 heteroatoms. The summed E-state index contributed by atoms with van der Waals surface area (Å²) >= 11 is 0. The number of nitrogens with one attached hydrogen (secondary N) is 1. The molecule has 1 heterocycles. The number of hydrogen-bond donors (Lipinski definition) is 1. The van der Waals surface area contributed by atoms with E-state index in [1.165, 1.54) is 54.3 Å². The van der Waals surface area contributed by atoms with Crippen LogP contribution in [0, 0.1) is 0 Å². The van der Waals surface area contributed by atoms with Crippen molar-refractivity contribution >= 4 is 22.9 Å². The van der Waals surface area contributed by atoms with Gasteiger partial charge in [-0.1, -0.05) is 18.6 Å². The Morgan fingerprint density at radius 3 is 2.84 bits per heavy atom. The predicted molar refractivity (Wildman–Crippen MR) is 81.4 cm³/mol. The quantitative estimate of drug-likeness (QED) is 0.495. The lowest BCUT2D eigenvalue weighted by Gasteiger charge is -2.03. The van der Waals surface area contributed by atoms with Crippen molar-refractivity contribution in [3.63, 3.8) is 0 Å². The molecule has 0 saturated heterocycles. The van der Waals surface area contributed by atoms with Crippen LogP contribution in [-0.2, 0) is 12.8 Å². The summed E-state index contributed by atoms with van der Waals surface area (Å²) in [5.74, 6) is 0. The maximum Gasteiger partial charge on any atom is 0.0908 e. The third-order valence-electron chi connectivity index (χ3n) is 3.79. The lowest BCUT2D eigenvalue weighted by atomic mass is 10.1. The molecule has 0 bridgehead atoms. The summed E-state index contributed by atoms with van der Waals surface area (Å²) in [5.41, 5.74) is 5.20. The zero-order chi connectivity index (χ0) is 13.2. The number of para-hydroxylation sites is 1. The van der Waals surface area contributed by atoms with E-state index >= 15 is 0 Å². The Labute approximate surface area is 114 Å². The molecule has 1 aromatic carbocycles. The first-order valence-corrected chi connectivity index (χ1v) is 7.09. The van der Waals surface area contributed by atoms with E-state index in [2.05, 4.69) is 28.2 Å². The van der Waals surface area contributed by atoms with E-state index in [0.29, 0.717) is 0 Å². The SMILES string of the molecule is CN(C)C=Nc1cccc2c3c([nH]c12)CCCCC3. The van der Waals surface area contributed by atoms with Crippen molar-refractivity contribution in [1.82, 2.24) is 9.88 Å². The lowest BCUT2D eigenvalue weighted by Crippen LogP contribution is -2.06. The van der Waals surface area contributed by atoms with Gasteiger partial charge in [-0.15, -0.1) is 0 Å². The maximum atomic E-state index is 4.57. The summed E-state index contributed by atoms with van der Waals surface area (Å²) < 4.78 is 0. The third-order valence-corrected chi connectivity index (χ3v) is 3.79. The zero-order valence-electron chi connectivity index (χ0n) is 11.7. The monoisotopic (exact) mass is 255 g/mol. The van der Waals surface area contributed by atoms with Gasteiger partial charge >= 0.3 is 0 Å². The predicted octanol–water partition coefficient (Wildman–Crippen LogP) is 3.66. The number of rotatable bonds is 2. The van der Waals surface area contributed by atoms with Crippen LogP contribution in [0.5, 0.6) is 0 Å². The van der Waals surface area contributed by atoms with Crippen molar-refractivity contribution in [1.29, 1.82) is 0 Å². The summed E-state index contributed by atoms with van der Waals surface area (Å²) in [5, 5.41) is 1.37. The van der Waals surface area contributed by atoms with Gasteiger partial charge in [0.05, 0.1) is 17.5 Å². The van der Waals surface area contributed by atoms with Crippen LogP contribution in [0.15, 0.2) is 23.2 Å². The highest BCUT2D eigenvalue weighted by atomic mass is 15.1. The number of hydrogen-bond acceptors (Lipinski definition) is 1. The minimum atomic E-state index is 1.04. The molecule has 3 rings (SSSR count). The molecule has 3 nitrogen and oxygen atoms in total. The molecule has 0 saturated carbocycles. The lowest BCUT2D eigenvalue weighted by molar-refractivity contribution is 0.643. The van der Waals surface area contributed by atoms with E-state index in [4.69, 9.17) is 0 Å². The molecule has 2 aromatic rings. The number of aromatic amines is 1. The second-order valence-corrected chi connectivity index (χ2v) is 5.55. The molecule has 0 radical (unpaired) electrons. The number of fused-ring (bicyclic) bond motifs is 3. The first kappa shape index (κ1) is 12.3. The van der Waals surface area contributed by atoms with Gasteiger partial charge < -0.3 is 9.88 Å². The second-order valence-electron chi connectivity index (χ2n) is 5.55. The molecular weight excluding hydrogens is 234 g/mol. The Morgan fingerprint density at radius 2 is 2.00 bits per heavy atom. The van der Waals surface area contributed by atoms with E-state index < -0.39 is 0 Å². The Kier molecular flexibility index (Phi) is 3.28. The highest BCUT2D eigenvalue weighted by molar-refractivity contribution is 5.94. The van der Waals surface area contributed by atoms with Gasteiger partial charge in [0.15, 0.2) is 0 Å². The summed E-state index contributed by atoms with van der Waals surface area (Å²) in [6, 6.07) is 6.42. The molecule has 19 heavy (non-hydrogen) atoms.